The average molecular weight is 434 g/mol. The van der Waals surface area contributed by atoms with E-state index in [9.17, 15) is 9.59 Å². The molecule has 0 saturated heterocycles. The lowest BCUT2D eigenvalue weighted by Gasteiger charge is -2.30. The summed E-state index contributed by atoms with van der Waals surface area (Å²) in [7, 11) is 0. The molecule has 170 valence electrons. The number of rotatable bonds is 11. The third-order valence-electron chi connectivity index (χ3n) is 6.09. The van der Waals surface area contributed by atoms with Gasteiger partial charge in [-0.05, 0) is 44.4 Å². The molecule has 32 heavy (non-hydrogen) atoms. The fourth-order valence-electron chi connectivity index (χ4n) is 4.23. The number of nitrogens with zero attached hydrogens (tertiary/aromatic N) is 3. The van der Waals surface area contributed by atoms with Crippen LogP contribution in [0.4, 0.5) is 0 Å². The number of aromatic nitrogens is 2. The van der Waals surface area contributed by atoms with E-state index >= 15 is 0 Å². The van der Waals surface area contributed by atoms with E-state index < -0.39 is 0 Å². The molecule has 1 amide bonds. The molecule has 0 aliphatic rings. The van der Waals surface area contributed by atoms with Gasteiger partial charge in [0, 0.05) is 19.5 Å². The molecule has 3 aromatic rings. The van der Waals surface area contributed by atoms with Crippen LogP contribution < -0.4 is 5.56 Å². The van der Waals surface area contributed by atoms with Crippen molar-refractivity contribution >= 4 is 16.8 Å². The van der Waals surface area contributed by atoms with Crippen molar-refractivity contribution in [3.05, 3.63) is 76.3 Å². The monoisotopic (exact) mass is 433 g/mol. The Labute approximate surface area is 191 Å². The second-order valence-corrected chi connectivity index (χ2v) is 8.35. The summed E-state index contributed by atoms with van der Waals surface area (Å²) in [6.45, 7) is 7.35. The zero-order valence-electron chi connectivity index (χ0n) is 19.6. The summed E-state index contributed by atoms with van der Waals surface area (Å²) in [5, 5.41) is 0.621. The number of hydrogen-bond acceptors (Lipinski definition) is 3. The van der Waals surface area contributed by atoms with Crippen LogP contribution in [0.15, 0.2) is 59.4 Å². The Hall–Kier alpha value is -2.95. The van der Waals surface area contributed by atoms with Crippen LogP contribution in [0.2, 0.25) is 0 Å². The van der Waals surface area contributed by atoms with Gasteiger partial charge < -0.3 is 4.90 Å². The fraction of sp³-hybridized carbons (Fsp3) is 0.444. The van der Waals surface area contributed by atoms with E-state index in [0.29, 0.717) is 42.7 Å². The second-order valence-electron chi connectivity index (χ2n) is 8.35. The van der Waals surface area contributed by atoms with E-state index in [4.69, 9.17) is 4.98 Å². The molecule has 0 fully saturated rings. The summed E-state index contributed by atoms with van der Waals surface area (Å²) in [5.74, 6) is 0.780. The van der Waals surface area contributed by atoms with Gasteiger partial charge in [-0.1, -0.05) is 68.7 Å². The summed E-state index contributed by atoms with van der Waals surface area (Å²) in [6.07, 6.45) is 5.53. The van der Waals surface area contributed by atoms with Crippen LogP contribution in [-0.2, 0) is 17.8 Å². The third kappa shape index (κ3) is 5.64. The van der Waals surface area contributed by atoms with Crippen molar-refractivity contribution in [1.29, 1.82) is 0 Å². The lowest BCUT2D eigenvalue weighted by Crippen LogP contribution is -2.38. The zero-order valence-corrected chi connectivity index (χ0v) is 19.6. The molecule has 0 bridgehead atoms. The van der Waals surface area contributed by atoms with Crippen LogP contribution in [0.3, 0.4) is 0 Å². The largest absolute Gasteiger partial charge is 0.333 e. The van der Waals surface area contributed by atoms with Crippen LogP contribution in [0, 0.1) is 0 Å². The van der Waals surface area contributed by atoms with Gasteiger partial charge in [0.25, 0.3) is 5.56 Å². The predicted octanol–water partition coefficient (Wildman–Crippen LogP) is 5.52. The molecule has 1 atom stereocenters. The number of amides is 1. The van der Waals surface area contributed by atoms with Gasteiger partial charge in [0.05, 0.1) is 16.9 Å². The molecule has 1 aromatic heterocycles. The van der Waals surface area contributed by atoms with Crippen LogP contribution in [0.5, 0.6) is 0 Å². The first-order valence-corrected chi connectivity index (χ1v) is 11.9. The summed E-state index contributed by atoms with van der Waals surface area (Å²) >= 11 is 0. The Morgan fingerprint density at radius 2 is 1.72 bits per heavy atom. The molecule has 0 N–H and O–H groups in total. The number of aryl methyl sites for hydroxylation is 1. The van der Waals surface area contributed by atoms with Gasteiger partial charge in [0.15, 0.2) is 0 Å². The van der Waals surface area contributed by atoms with Crippen molar-refractivity contribution in [2.24, 2.45) is 0 Å². The van der Waals surface area contributed by atoms with E-state index in [2.05, 4.69) is 19.1 Å². The summed E-state index contributed by atoms with van der Waals surface area (Å²) in [4.78, 5) is 33.2. The van der Waals surface area contributed by atoms with Gasteiger partial charge in [0.2, 0.25) is 5.91 Å². The molecule has 0 aliphatic heterocycles. The number of hydrogen-bond donors (Lipinski definition) is 0. The zero-order chi connectivity index (χ0) is 22.9. The summed E-state index contributed by atoms with van der Waals surface area (Å²) in [6, 6.07) is 17.3. The quantitative estimate of drug-likeness (QED) is 0.374. The number of benzene rings is 2. The molecule has 0 aliphatic carbocycles. The molecule has 5 nitrogen and oxygen atoms in total. The lowest BCUT2D eigenvalue weighted by molar-refractivity contribution is -0.133. The van der Waals surface area contributed by atoms with Gasteiger partial charge in [-0.15, -0.1) is 0 Å². The average Bonchev–Trinajstić information content (AvgIpc) is 2.83. The van der Waals surface area contributed by atoms with E-state index in [1.807, 2.05) is 61.2 Å². The van der Waals surface area contributed by atoms with E-state index in [-0.39, 0.29) is 17.5 Å². The SMILES string of the molecule is CCCCCCN(C(=O)CCc1ccccc1)C(C)c1nc2ccccc2c(=O)n1CC. The smallest absolute Gasteiger partial charge is 0.261 e. The number of unbranched alkanes of at least 4 members (excludes halogenated alkanes) is 3. The Morgan fingerprint density at radius 3 is 2.44 bits per heavy atom. The molecule has 0 spiro atoms. The topological polar surface area (TPSA) is 55.2 Å². The number of carbonyl (C=O) groups is 1. The third-order valence-corrected chi connectivity index (χ3v) is 6.09. The second kappa shape index (κ2) is 11.6. The highest BCUT2D eigenvalue weighted by Crippen LogP contribution is 2.22. The van der Waals surface area contributed by atoms with Gasteiger partial charge in [-0.2, -0.15) is 0 Å². The van der Waals surface area contributed by atoms with Crippen LogP contribution in [0.25, 0.3) is 10.9 Å². The van der Waals surface area contributed by atoms with Gasteiger partial charge in [-0.3, -0.25) is 14.2 Å². The normalized spacial score (nSPS) is 12.1. The van der Waals surface area contributed by atoms with Crippen LogP contribution in [0.1, 0.15) is 70.3 Å². The highest BCUT2D eigenvalue weighted by molar-refractivity contribution is 5.78. The highest BCUT2D eigenvalue weighted by Gasteiger charge is 2.25. The van der Waals surface area contributed by atoms with Gasteiger partial charge in [-0.25, -0.2) is 4.98 Å². The molecule has 1 unspecified atom stereocenters. The van der Waals surface area contributed by atoms with Gasteiger partial charge in [0.1, 0.15) is 5.82 Å². The molecular formula is C27H35N3O2. The Kier molecular flexibility index (Phi) is 8.60. The Morgan fingerprint density at radius 1 is 1.00 bits per heavy atom. The van der Waals surface area contributed by atoms with E-state index in [1.165, 1.54) is 0 Å². The minimum Gasteiger partial charge on any atom is -0.333 e. The highest BCUT2D eigenvalue weighted by atomic mass is 16.2. The predicted molar refractivity (Wildman–Crippen MR) is 131 cm³/mol. The first kappa shape index (κ1) is 23.7. The van der Waals surface area contributed by atoms with Crippen LogP contribution >= 0.6 is 0 Å². The van der Waals surface area contributed by atoms with Crippen LogP contribution in [-0.4, -0.2) is 26.9 Å². The summed E-state index contributed by atoms with van der Waals surface area (Å²) < 4.78 is 1.72. The first-order valence-electron chi connectivity index (χ1n) is 11.9. The maximum Gasteiger partial charge on any atom is 0.261 e. The molecule has 0 saturated carbocycles. The van der Waals surface area contributed by atoms with Crippen molar-refractivity contribution in [2.45, 2.75) is 71.9 Å². The lowest BCUT2D eigenvalue weighted by atomic mass is 10.1. The standard InChI is InChI=1S/C27H35N3O2/c1-4-6-7-13-20-30(25(31)19-18-22-14-9-8-10-15-22)21(3)26-28-24-17-12-11-16-23(24)27(32)29(26)5-2/h8-12,14-17,21H,4-7,13,18-20H2,1-3H3. The Bertz CT molecular complexity index is 1080. The van der Waals surface area contributed by atoms with Gasteiger partial charge >= 0.3 is 0 Å². The Balaban J connectivity index is 1.89. The molecular weight excluding hydrogens is 398 g/mol. The van der Waals surface area contributed by atoms with Crippen molar-refractivity contribution in [3.63, 3.8) is 0 Å². The van der Waals surface area contributed by atoms with E-state index in [1.54, 1.807) is 4.57 Å². The maximum absolute atomic E-state index is 13.4. The fourth-order valence-corrected chi connectivity index (χ4v) is 4.23. The number of fused-ring (bicyclic) bond motifs is 1. The van der Waals surface area contributed by atoms with Crippen molar-refractivity contribution in [2.75, 3.05) is 6.54 Å². The molecule has 3 rings (SSSR count). The van der Waals surface area contributed by atoms with Crippen molar-refractivity contribution < 1.29 is 4.79 Å². The molecule has 5 heteroatoms. The van der Waals surface area contributed by atoms with Crippen molar-refractivity contribution in [1.82, 2.24) is 14.5 Å². The minimum atomic E-state index is -0.267. The molecule has 0 radical (unpaired) electrons. The number of carbonyl (C=O) groups excluding carboxylic acids is 1. The minimum absolute atomic E-state index is 0.0392. The van der Waals surface area contributed by atoms with Crippen molar-refractivity contribution in [3.8, 4) is 0 Å². The number of para-hydroxylation sites is 1. The summed E-state index contributed by atoms with van der Waals surface area (Å²) in [5.41, 5.74) is 1.81. The molecule has 1 heterocycles. The van der Waals surface area contributed by atoms with E-state index in [0.717, 1.165) is 31.2 Å². The first-order chi connectivity index (χ1) is 15.6. The molecule has 2 aromatic carbocycles. The maximum atomic E-state index is 13.4.